The summed E-state index contributed by atoms with van der Waals surface area (Å²) in [6, 6.07) is 18.1. The standard InChI is InChI=1S/C24H24N4OS2/c1-17(29)28(20-9-3-2-4-10-20)24-25-19(16-30-24)15-27-13-7-8-18(14-27)23-26-21-11-5-6-12-22(21)31-23/h2-6,9-12,16,18H,7-8,13-15H2,1H3. The molecule has 4 aromatic rings. The van der Waals surface area contributed by atoms with Gasteiger partial charge in [0.05, 0.1) is 26.6 Å². The fraction of sp³-hybridized carbons (Fsp3) is 0.292. The molecule has 1 fully saturated rings. The first-order valence-corrected chi connectivity index (χ1v) is 12.2. The lowest BCUT2D eigenvalue weighted by Gasteiger charge is -2.31. The monoisotopic (exact) mass is 448 g/mol. The number of nitrogens with zero attached hydrogens (tertiary/aromatic N) is 4. The van der Waals surface area contributed by atoms with E-state index in [4.69, 9.17) is 9.97 Å². The van der Waals surface area contributed by atoms with Crippen LogP contribution in [0.3, 0.4) is 0 Å². The van der Waals surface area contributed by atoms with Crippen molar-refractivity contribution in [3.8, 4) is 0 Å². The number of carbonyl (C=O) groups excluding carboxylic acids is 1. The molecule has 2 aromatic carbocycles. The summed E-state index contributed by atoms with van der Waals surface area (Å²) < 4.78 is 1.27. The van der Waals surface area contributed by atoms with E-state index in [1.807, 2.05) is 41.7 Å². The maximum Gasteiger partial charge on any atom is 0.230 e. The van der Waals surface area contributed by atoms with Crippen molar-refractivity contribution in [3.05, 3.63) is 70.7 Å². The van der Waals surface area contributed by atoms with Gasteiger partial charge in [-0.1, -0.05) is 30.3 Å². The number of rotatable bonds is 5. The maximum absolute atomic E-state index is 12.3. The van der Waals surface area contributed by atoms with Gasteiger partial charge in [0.25, 0.3) is 0 Å². The first kappa shape index (κ1) is 20.3. The van der Waals surface area contributed by atoms with Gasteiger partial charge in [-0.15, -0.1) is 22.7 Å². The van der Waals surface area contributed by atoms with E-state index in [0.717, 1.165) is 41.7 Å². The van der Waals surface area contributed by atoms with Gasteiger partial charge in [-0.05, 0) is 43.7 Å². The zero-order valence-corrected chi connectivity index (χ0v) is 19.0. The third-order valence-electron chi connectivity index (χ3n) is 5.61. The molecule has 3 heterocycles. The normalized spacial score (nSPS) is 17.1. The van der Waals surface area contributed by atoms with Crippen molar-refractivity contribution in [2.45, 2.75) is 32.2 Å². The fourth-order valence-corrected chi connectivity index (χ4v) is 6.14. The molecule has 31 heavy (non-hydrogen) atoms. The Bertz CT molecular complexity index is 1150. The van der Waals surface area contributed by atoms with Crippen LogP contribution >= 0.6 is 22.7 Å². The Balaban J connectivity index is 1.30. The van der Waals surface area contributed by atoms with Gasteiger partial charge in [-0.2, -0.15) is 0 Å². The van der Waals surface area contributed by atoms with Gasteiger partial charge in [0.15, 0.2) is 5.13 Å². The van der Waals surface area contributed by atoms with Crippen LogP contribution in [0.2, 0.25) is 0 Å². The summed E-state index contributed by atoms with van der Waals surface area (Å²) in [6.07, 6.45) is 2.35. The van der Waals surface area contributed by atoms with Gasteiger partial charge in [0.2, 0.25) is 5.91 Å². The van der Waals surface area contributed by atoms with E-state index in [9.17, 15) is 4.79 Å². The number of likely N-dealkylation sites (tertiary alicyclic amines) is 1. The summed E-state index contributed by atoms with van der Waals surface area (Å²) >= 11 is 3.35. The van der Waals surface area contributed by atoms with Crippen LogP contribution in [-0.4, -0.2) is 33.9 Å². The molecular weight excluding hydrogens is 424 g/mol. The van der Waals surface area contributed by atoms with Crippen LogP contribution in [0, 0.1) is 0 Å². The molecule has 0 N–H and O–H groups in total. The number of aromatic nitrogens is 2. The number of benzene rings is 2. The van der Waals surface area contributed by atoms with Crippen molar-refractivity contribution < 1.29 is 4.79 Å². The van der Waals surface area contributed by atoms with Crippen LogP contribution in [0.25, 0.3) is 10.2 Å². The Morgan fingerprint density at radius 2 is 1.94 bits per heavy atom. The van der Waals surface area contributed by atoms with Gasteiger partial charge < -0.3 is 0 Å². The highest BCUT2D eigenvalue weighted by Crippen LogP contribution is 2.34. The summed E-state index contributed by atoms with van der Waals surface area (Å²) in [7, 11) is 0. The lowest BCUT2D eigenvalue weighted by molar-refractivity contribution is -0.115. The molecule has 7 heteroatoms. The minimum atomic E-state index is -0.0269. The number of piperidine rings is 1. The minimum Gasteiger partial charge on any atom is -0.297 e. The summed E-state index contributed by atoms with van der Waals surface area (Å²) in [4.78, 5) is 26.2. The molecule has 2 aromatic heterocycles. The van der Waals surface area contributed by atoms with Crippen LogP contribution in [0.1, 0.15) is 36.4 Å². The SMILES string of the molecule is CC(=O)N(c1ccccc1)c1nc(CN2CCCC(c3nc4ccccc4s3)C2)cs1. The van der Waals surface area contributed by atoms with Crippen LogP contribution in [0.15, 0.2) is 60.0 Å². The molecular formula is C24H24N4OS2. The Labute approximate surface area is 190 Å². The summed E-state index contributed by atoms with van der Waals surface area (Å²) in [5.41, 5.74) is 2.98. The first-order valence-electron chi connectivity index (χ1n) is 10.6. The fourth-order valence-electron chi connectivity index (χ4n) is 4.17. The van der Waals surface area contributed by atoms with Gasteiger partial charge in [0.1, 0.15) is 0 Å². The number of fused-ring (bicyclic) bond motifs is 1. The molecule has 0 radical (unpaired) electrons. The maximum atomic E-state index is 12.3. The lowest BCUT2D eigenvalue weighted by Crippen LogP contribution is -2.34. The van der Waals surface area contributed by atoms with Crippen LogP contribution < -0.4 is 4.90 Å². The summed E-state index contributed by atoms with van der Waals surface area (Å²) in [6.45, 7) is 4.46. The summed E-state index contributed by atoms with van der Waals surface area (Å²) in [5, 5.41) is 4.06. The van der Waals surface area contributed by atoms with E-state index in [1.165, 1.54) is 33.9 Å². The second-order valence-corrected chi connectivity index (χ2v) is 9.80. The third kappa shape index (κ3) is 4.39. The molecule has 0 spiro atoms. The van der Waals surface area contributed by atoms with Crippen molar-refractivity contribution in [2.24, 2.45) is 0 Å². The Kier molecular flexibility index (Phi) is 5.80. The van der Waals surface area contributed by atoms with E-state index < -0.39 is 0 Å². The highest BCUT2D eigenvalue weighted by atomic mass is 32.1. The number of anilines is 2. The Morgan fingerprint density at radius 1 is 1.13 bits per heavy atom. The quantitative estimate of drug-likeness (QED) is 0.386. The van der Waals surface area contributed by atoms with Crippen LogP contribution in [0.4, 0.5) is 10.8 Å². The number of hydrogen-bond acceptors (Lipinski definition) is 6. The van der Waals surface area contributed by atoms with Crippen molar-refractivity contribution in [1.29, 1.82) is 0 Å². The van der Waals surface area contributed by atoms with Crippen molar-refractivity contribution in [1.82, 2.24) is 14.9 Å². The van der Waals surface area contributed by atoms with Gasteiger partial charge in [-0.25, -0.2) is 9.97 Å². The van der Waals surface area contributed by atoms with E-state index in [1.54, 1.807) is 11.8 Å². The topological polar surface area (TPSA) is 49.3 Å². The number of carbonyl (C=O) groups is 1. The molecule has 1 aliphatic rings. The Morgan fingerprint density at radius 3 is 2.74 bits per heavy atom. The lowest BCUT2D eigenvalue weighted by atomic mass is 9.98. The second kappa shape index (κ2) is 8.86. The Hall–Kier alpha value is -2.61. The molecule has 1 unspecified atom stereocenters. The highest BCUT2D eigenvalue weighted by molar-refractivity contribution is 7.18. The molecule has 5 rings (SSSR count). The van der Waals surface area contributed by atoms with E-state index in [0.29, 0.717) is 5.92 Å². The van der Waals surface area contributed by atoms with Gasteiger partial charge in [-0.3, -0.25) is 14.6 Å². The van der Waals surface area contributed by atoms with Crippen LogP contribution in [-0.2, 0) is 11.3 Å². The first-order chi connectivity index (χ1) is 15.2. The average molecular weight is 449 g/mol. The molecule has 1 amide bonds. The molecule has 0 bridgehead atoms. The smallest absolute Gasteiger partial charge is 0.230 e. The van der Waals surface area contributed by atoms with Crippen molar-refractivity contribution >= 4 is 49.6 Å². The molecule has 158 valence electrons. The predicted molar refractivity (Wildman–Crippen MR) is 128 cm³/mol. The number of amides is 1. The molecule has 1 saturated heterocycles. The van der Waals surface area contributed by atoms with E-state index in [2.05, 4.69) is 34.5 Å². The molecule has 0 saturated carbocycles. The minimum absolute atomic E-state index is 0.0269. The zero-order chi connectivity index (χ0) is 21.2. The van der Waals surface area contributed by atoms with Gasteiger partial charge >= 0.3 is 0 Å². The second-order valence-electron chi connectivity index (χ2n) is 7.91. The number of thiazole rings is 2. The predicted octanol–water partition coefficient (Wildman–Crippen LogP) is 5.82. The van der Waals surface area contributed by atoms with Crippen molar-refractivity contribution in [3.63, 3.8) is 0 Å². The molecule has 1 aliphatic heterocycles. The van der Waals surface area contributed by atoms with E-state index in [-0.39, 0.29) is 5.91 Å². The highest BCUT2D eigenvalue weighted by Gasteiger charge is 2.25. The molecule has 0 aliphatic carbocycles. The molecule has 5 nitrogen and oxygen atoms in total. The molecule has 1 atom stereocenters. The van der Waals surface area contributed by atoms with Crippen LogP contribution in [0.5, 0.6) is 0 Å². The number of hydrogen-bond donors (Lipinski definition) is 0. The third-order valence-corrected chi connectivity index (χ3v) is 7.68. The number of para-hydroxylation sites is 2. The van der Waals surface area contributed by atoms with E-state index >= 15 is 0 Å². The van der Waals surface area contributed by atoms with Crippen molar-refractivity contribution in [2.75, 3.05) is 18.0 Å². The van der Waals surface area contributed by atoms with Gasteiger partial charge in [0, 0.05) is 31.3 Å². The summed E-state index contributed by atoms with van der Waals surface area (Å²) in [5.74, 6) is 0.447. The zero-order valence-electron chi connectivity index (χ0n) is 17.4. The average Bonchev–Trinajstić information content (AvgIpc) is 3.42. The largest absolute Gasteiger partial charge is 0.297 e.